The smallest absolute Gasteiger partial charge is 0.225 e. The monoisotopic (exact) mass is 308 g/mol. The van der Waals surface area contributed by atoms with Crippen LogP contribution in [0.3, 0.4) is 0 Å². The molecule has 1 atom stereocenters. The number of carbonyl (C=O) groups is 1. The summed E-state index contributed by atoms with van der Waals surface area (Å²) in [6.45, 7) is 3.99. The van der Waals surface area contributed by atoms with Gasteiger partial charge in [-0.05, 0) is 24.8 Å². The van der Waals surface area contributed by atoms with Crippen LogP contribution >= 0.6 is 23.5 Å². The highest BCUT2D eigenvalue weighted by Gasteiger charge is 2.08. The summed E-state index contributed by atoms with van der Waals surface area (Å²) < 4.78 is 0. The van der Waals surface area contributed by atoms with E-state index in [0.717, 1.165) is 27.8 Å². The van der Waals surface area contributed by atoms with Crippen LogP contribution in [0.25, 0.3) is 0 Å². The maximum atomic E-state index is 11.8. The fourth-order valence-electron chi connectivity index (χ4n) is 1.47. The van der Waals surface area contributed by atoms with E-state index in [0.29, 0.717) is 6.42 Å². The molecular weight excluding hydrogens is 288 g/mol. The van der Waals surface area contributed by atoms with Crippen molar-refractivity contribution in [1.29, 1.82) is 5.26 Å². The van der Waals surface area contributed by atoms with Gasteiger partial charge in [-0.2, -0.15) is 17.0 Å². The molecular formula is C15H20N2OS2. The Kier molecular flexibility index (Phi) is 8.24. The van der Waals surface area contributed by atoms with Crippen LogP contribution in [0.1, 0.15) is 20.3 Å². The lowest BCUT2D eigenvalue weighted by Crippen LogP contribution is -2.13. The molecule has 0 radical (unpaired) electrons. The normalized spacial score (nSPS) is 11.7. The number of anilines is 1. The Hall–Kier alpha value is -1.12. The molecule has 0 aliphatic rings. The standard InChI is InChI=1S/C15H20N2OS2/c1-3-19-9-8-15(18)17-13-6-4-5-7-14(13)20-11-12(2)10-16/h4-7,12H,3,8-9,11H2,1-2H3,(H,17,18)/t12-/m1/s1. The summed E-state index contributed by atoms with van der Waals surface area (Å²) in [4.78, 5) is 12.9. The summed E-state index contributed by atoms with van der Waals surface area (Å²) in [7, 11) is 0. The van der Waals surface area contributed by atoms with Gasteiger partial charge in [0.05, 0.1) is 17.7 Å². The molecule has 1 N–H and O–H groups in total. The summed E-state index contributed by atoms with van der Waals surface area (Å²) in [6.07, 6.45) is 0.534. The third kappa shape index (κ3) is 6.36. The van der Waals surface area contributed by atoms with Crippen LogP contribution in [0.4, 0.5) is 5.69 Å². The van der Waals surface area contributed by atoms with Crippen LogP contribution < -0.4 is 5.32 Å². The maximum absolute atomic E-state index is 11.8. The third-order valence-corrected chi connectivity index (χ3v) is 4.78. The topological polar surface area (TPSA) is 52.9 Å². The van der Waals surface area contributed by atoms with E-state index in [4.69, 9.17) is 5.26 Å². The minimum Gasteiger partial charge on any atom is -0.325 e. The average molecular weight is 308 g/mol. The lowest BCUT2D eigenvalue weighted by molar-refractivity contribution is -0.115. The third-order valence-electron chi connectivity index (χ3n) is 2.55. The number of para-hydroxylation sites is 1. The molecule has 0 aliphatic carbocycles. The van der Waals surface area contributed by atoms with Crippen molar-refractivity contribution in [2.75, 3.05) is 22.6 Å². The number of hydrogen-bond acceptors (Lipinski definition) is 4. The van der Waals surface area contributed by atoms with Crippen molar-refractivity contribution in [3.05, 3.63) is 24.3 Å². The van der Waals surface area contributed by atoms with Crippen LogP contribution in [-0.4, -0.2) is 23.2 Å². The zero-order valence-electron chi connectivity index (χ0n) is 11.9. The van der Waals surface area contributed by atoms with Gasteiger partial charge < -0.3 is 5.32 Å². The quantitative estimate of drug-likeness (QED) is 0.582. The molecule has 0 saturated carbocycles. The highest BCUT2D eigenvalue weighted by atomic mass is 32.2. The molecule has 5 heteroatoms. The van der Waals surface area contributed by atoms with Crippen LogP contribution in [0, 0.1) is 17.2 Å². The fraction of sp³-hybridized carbons (Fsp3) is 0.467. The Labute approximate surface area is 129 Å². The molecule has 0 heterocycles. The van der Waals surface area contributed by atoms with E-state index in [-0.39, 0.29) is 11.8 Å². The average Bonchev–Trinajstić information content (AvgIpc) is 2.46. The predicted molar refractivity (Wildman–Crippen MR) is 88.2 cm³/mol. The first-order valence-corrected chi connectivity index (χ1v) is 8.80. The minimum atomic E-state index is 0.00436. The van der Waals surface area contributed by atoms with E-state index in [2.05, 4.69) is 18.3 Å². The molecule has 1 aromatic carbocycles. The van der Waals surface area contributed by atoms with Gasteiger partial charge in [0.2, 0.25) is 5.91 Å². The predicted octanol–water partition coefficient (Wildman–Crippen LogP) is 4.02. The zero-order valence-corrected chi connectivity index (χ0v) is 13.5. The molecule has 0 bridgehead atoms. The molecule has 1 rings (SSSR count). The summed E-state index contributed by atoms with van der Waals surface area (Å²) >= 11 is 3.37. The number of benzene rings is 1. The highest BCUT2D eigenvalue weighted by Crippen LogP contribution is 2.28. The number of hydrogen-bond donors (Lipinski definition) is 1. The van der Waals surface area contributed by atoms with Crippen LogP contribution in [0.15, 0.2) is 29.2 Å². The number of nitrogens with one attached hydrogen (secondary N) is 1. The summed E-state index contributed by atoms with van der Waals surface area (Å²) in [5, 5.41) is 11.8. The maximum Gasteiger partial charge on any atom is 0.225 e. The van der Waals surface area contributed by atoms with Gasteiger partial charge in [0, 0.05) is 22.8 Å². The van der Waals surface area contributed by atoms with Crippen molar-refractivity contribution < 1.29 is 4.79 Å². The van der Waals surface area contributed by atoms with Crippen molar-refractivity contribution in [3.63, 3.8) is 0 Å². The summed E-state index contributed by atoms with van der Waals surface area (Å²) in [5.74, 6) is 2.67. The minimum absolute atomic E-state index is 0.00436. The first-order valence-electron chi connectivity index (χ1n) is 6.66. The Bertz CT molecular complexity index is 471. The number of thioether (sulfide) groups is 2. The van der Waals surface area contributed by atoms with Gasteiger partial charge >= 0.3 is 0 Å². The molecule has 0 aliphatic heterocycles. The molecule has 3 nitrogen and oxygen atoms in total. The van der Waals surface area contributed by atoms with E-state index in [1.165, 1.54) is 0 Å². The summed E-state index contributed by atoms with van der Waals surface area (Å²) in [6, 6.07) is 9.96. The van der Waals surface area contributed by atoms with Gasteiger partial charge in [0.1, 0.15) is 0 Å². The van der Waals surface area contributed by atoms with Gasteiger partial charge in [-0.3, -0.25) is 4.79 Å². The molecule has 1 amide bonds. The van der Waals surface area contributed by atoms with Crippen molar-refractivity contribution in [2.45, 2.75) is 25.2 Å². The second kappa shape index (κ2) is 9.73. The second-order valence-electron chi connectivity index (χ2n) is 4.33. The van der Waals surface area contributed by atoms with Crippen LogP contribution in [-0.2, 0) is 4.79 Å². The number of amides is 1. The SMILES string of the molecule is CCSCCC(=O)Nc1ccccc1SC[C@H](C)C#N. The molecule has 20 heavy (non-hydrogen) atoms. The van der Waals surface area contributed by atoms with Gasteiger partial charge in [-0.1, -0.05) is 19.1 Å². The van der Waals surface area contributed by atoms with E-state index < -0.39 is 0 Å². The molecule has 0 aromatic heterocycles. The van der Waals surface area contributed by atoms with Crippen molar-refractivity contribution in [3.8, 4) is 6.07 Å². The Morgan fingerprint density at radius 1 is 1.45 bits per heavy atom. The Morgan fingerprint density at radius 2 is 2.20 bits per heavy atom. The highest BCUT2D eigenvalue weighted by molar-refractivity contribution is 7.99. The lowest BCUT2D eigenvalue weighted by Gasteiger charge is -2.11. The summed E-state index contributed by atoms with van der Waals surface area (Å²) in [5.41, 5.74) is 0.842. The van der Waals surface area contributed by atoms with Gasteiger partial charge in [-0.25, -0.2) is 0 Å². The first-order chi connectivity index (χ1) is 9.67. The largest absolute Gasteiger partial charge is 0.325 e. The van der Waals surface area contributed by atoms with Crippen molar-refractivity contribution in [2.24, 2.45) is 5.92 Å². The molecule has 1 aromatic rings. The van der Waals surface area contributed by atoms with E-state index >= 15 is 0 Å². The zero-order chi connectivity index (χ0) is 14.8. The van der Waals surface area contributed by atoms with Crippen molar-refractivity contribution in [1.82, 2.24) is 0 Å². The second-order valence-corrected chi connectivity index (χ2v) is 6.79. The Morgan fingerprint density at radius 3 is 2.90 bits per heavy atom. The van der Waals surface area contributed by atoms with Crippen LogP contribution in [0.5, 0.6) is 0 Å². The molecule has 108 valence electrons. The molecule has 0 saturated heterocycles. The first kappa shape index (κ1) is 16.9. The van der Waals surface area contributed by atoms with Crippen molar-refractivity contribution >= 4 is 35.1 Å². The van der Waals surface area contributed by atoms with Gasteiger partial charge in [-0.15, -0.1) is 11.8 Å². The number of carbonyl (C=O) groups excluding carboxylic acids is 1. The number of nitrogens with zero attached hydrogens (tertiary/aromatic N) is 1. The van der Waals surface area contributed by atoms with Gasteiger partial charge in [0.25, 0.3) is 0 Å². The molecule has 0 fully saturated rings. The van der Waals surface area contributed by atoms with Gasteiger partial charge in [0.15, 0.2) is 0 Å². The molecule has 0 unspecified atom stereocenters. The lowest BCUT2D eigenvalue weighted by atomic mass is 10.3. The van der Waals surface area contributed by atoms with E-state index in [1.807, 2.05) is 31.2 Å². The number of rotatable bonds is 8. The fourth-order valence-corrected chi connectivity index (χ4v) is 3.04. The Balaban J connectivity index is 2.56. The number of nitriles is 1. The van der Waals surface area contributed by atoms with Crippen LogP contribution in [0.2, 0.25) is 0 Å². The van der Waals surface area contributed by atoms with E-state index in [1.54, 1.807) is 23.5 Å². The molecule has 0 spiro atoms. The van der Waals surface area contributed by atoms with E-state index in [9.17, 15) is 4.79 Å².